The number of hydrogen-bond acceptors (Lipinski definition) is 3. The van der Waals surface area contributed by atoms with E-state index in [1.165, 1.54) is 19.3 Å². The minimum atomic E-state index is 0.494. The van der Waals surface area contributed by atoms with E-state index in [0.717, 1.165) is 30.6 Å². The second-order valence-electron chi connectivity index (χ2n) is 5.12. The van der Waals surface area contributed by atoms with Crippen LogP contribution in [0.5, 0.6) is 5.75 Å². The van der Waals surface area contributed by atoms with Crippen LogP contribution < -0.4 is 4.74 Å². The number of benzene rings is 1. The largest absolute Gasteiger partial charge is 0.496 e. The third kappa shape index (κ3) is 5.33. The Morgan fingerprint density at radius 1 is 1.30 bits per heavy atom. The Bertz CT molecular complexity index is 401. The van der Waals surface area contributed by atoms with Crippen molar-refractivity contribution < 1.29 is 14.3 Å². The number of rotatable bonds is 10. The average Bonchev–Trinajstić information content (AvgIpc) is 2.50. The van der Waals surface area contributed by atoms with E-state index in [2.05, 4.69) is 13.8 Å². The molecule has 0 aliphatic heterocycles. The number of hydrogen-bond donors (Lipinski definition) is 0. The fraction of sp³-hybridized carbons (Fsp3) is 0.588. The Hall–Kier alpha value is -1.35. The lowest BCUT2D eigenvalue weighted by Gasteiger charge is -2.15. The minimum absolute atomic E-state index is 0.494. The van der Waals surface area contributed by atoms with Gasteiger partial charge in [-0.25, -0.2) is 0 Å². The van der Waals surface area contributed by atoms with Crippen molar-refractivity contribution in [2.45, 2.75) is 46.1 Å². The topological polar surface area (TPSA) is 35.5 Å². The van der Waals surface area contributed by atoms with Gasteiger partial charge in [-0.2, -0.15) is 0 Å². The van der Waals surface area contributed by atoms with Gasteiger partial charge in [0.2, 0.25) is 0 Å². The molecule has 0 N–H and O–H groups in total. The predicted molar refractivity (Wildman–Crippen MR) is 81.3 cm³/mol. The van der Waals surface area contributed by atoms with Crippen LogP contribution in [0.15, 0.2) is 18.2 Å². The average molecular weight is 278 g/mol. The first-order chi connectivity index (χ1) is 9.74. The number of ether oxygens (including phenoxy) is 2. The van der Waals surface area contributed by atoms with Gasteiger partial charge in [0.15, 0.2) is 0 Å². The Balaban J connectivity index is 2.53. The van der Waals surface area contributed by atoms with Crippen LogP contribution in [-0.2, 0) is 11.3 Å². The van der Waals surface area contributed by atoms with Crippen molar-refractivity contribution in [1.29, 1.82) is 0 Å². The summed E-state index contributed by atoms with van der Waals surface area (Å²) in [6, 6.07) is 5.40. The zero-order valence-corrected chi connectivity index (χ0v) is 12.9. The third-order valence-corrected chi connectivity index (χ3v) is 3.59. The van der Waals surface area contributed by atoms with Crippen LogP contribution in [0.3, 0.4) is 0 Å². The molecule has 0 aromatic heterocycles. The molecular formula is C17H26O3. The van der Waals surface area contributed by atoms with Crippen molar-refractivity contribution in [3.8, 4) is 5.75 Å². The molecule has 0 radical (unpaired) electrons. The number of unbranched alkanes of at least 4 members (excludes halogenated alkanes) is 1. The minimum Gasteiger partial charge on any atom is -0.496 e. The van der Waals surface area contributed by atoms with Crippen molar-refractivity contribution in [2.75, 3.05) is 13.7 Å². The van der Waals surface area contributed by atoms with Crippen LogP contribution in [0, 0.1) is 5.92 Å². The molecule has 3 heteroatoms. The summed E-state index contributed by atoms with van der Waals surface area (Å²) in [4.78, 5) is 10.8. The van der Waals surface area contributed by atoms with Crippen LogP contribution in [0.25, 0.3) is 0 Å². The summed E-state index contributed by atoms with van der Waals surface area (Å²) >= 11 is 0. The van der Waals surface area contributed by atoms with Crippen molar-refractivity contribution in [3.05, 3.63) is 29.3 Å². The van der Waals surface area contributed by atoms with Gasteiger partial charge in [-0.3, -0.25) is 4.79 Å². The third-order valence-electron chi connectivity index (χ3n) is 3.59. The standard InChI is InChI=1S/C17H26O3/c1-4-6-7-14(5-2)12-20-13-16-10-15(11-18)8-9-17(16)19-3/h8-11,14H,4-7,12-13H2,1-3H3. The summed E-state index contributed by atoms with van der Waals surface area (Å²) in [6.07, 6.45) is 5.70. The first-order valence-corrected chi connectivity index (χ1v) is 7.44. The SMILES string of the molecule is CCCCC(CC)COCc1cc(C=O)ccc1OC. The Labute approximate surface area is 122 Å². The second kappa shape index (κ2) is 9.54. The zero-order chi connectivity index (χ0) is 14.8. The van der Waals surface area contributed by atoms with Crippen LogP contribution in [0.2, 0.25) is 0 Å². The fourth-order valence-corrected chi connectivity index (χ4v) is 2.22. The predicted octanol–water partition coefficient (Wildman–Crippen LogP) is 4.24. The van der Waals surface area contributed by atoms with Crippen LogP contribution in [-0.4, -0.2) is 20.0 Å². The molecule has 0 aliphatic carbocycles. The summed E-state index contributed by atoms with van der Waals surface area (Å²) in [5.74, 6) is 1.40. The zero-order valence-electron chi connectivity index (χ0n) is 12.9. The number of aldehydes is 1. The molecule has 0 spiro atoms. The molecule has 1 unspecified atom stereocenters. The molecule has 3 nitrogen and oxygen atoms in total. The smallest absolute Gasteiger partial charge is 0.150 e. The van der Waals surface area contributed by atoms with Crippen LogP contribution in [0.4, 0.5) is 0 Å². The van der Waals surface area contributed by atoms with Gasteiger partial charge in [-0.15, -0.1) is 0 Å². The lowest BCUT2D eigenvalue weighted by Crippen LogP contribution is -2.09. The van der Waals surface area contributed by atoms with Gasteiger partial charge in [0.25, 0.3) is 0 Å². The maximum atomic E-state index is 10.8. The molecule has 20 heavy (non-hydrogen) atoms. The molecule has 0 saturated carbocycles. The Morgan fingerprint density at radius 3 is 2.70 bits per heavy atom. The highest BCUT2D eigenvalue weighted by molar-refractivity contribution is 5.75. The molecule has 0 saturated heterocycles. The van der Waals surface area contributed by atoms with Crippen molar-refractivity contribution in [1.82, 2.24) is 0 Å². The molecule has 0 bridgehead atoms. The van der Waals surface area contributed by atoms with E-state index in [1.54, 1.807) is 13.2 Å². The molecule has 1 atom stereocenters. The summed E-state index contributed by atoms with van der Waals surface area (Å²) in [5, 5.41) is 0. The molecule has 0 heterocycles. The normalized spacial score (nSPS) is 12.2. The quantitative estimate of drug-likeness (QED) is 0.600. The van der Waals surface area contributed by atoms with Crippen molar-refractivity contribution in [2.24, 2.45) is 5.92 Å². The summed E-state index contributed by atoms with van der Waals surface area (Å²) in [7, 11) is 1.63. The second-order valence-corrected chi connectivity index (χ2v) is 5.12. The molecule has 1 rings (SSSR count). The van der Waals surface area contributed by atoms with E-state index < -0.39 is 0 Å². The van der Waals surface area contributed by atoms with Gasteiger partial charge in [0.1, 0.15) is 12.0 Å². The van der Waals surface area contributed by atoms with Gasteiger partial charge in [-0.1, -0.05) is 33.1 Å². The molecule has 0 fully saturated rings. The Kier molecular flexibility index (Phi) is 7.97. The first kappa shape index (κ1) is 16.7. The van der Waals surface area contributed by atoms with Gasteiger partial charge < -0.3 is 9.47 Å². The van der Waals surface area contributed by atoms with E-state index >= 15 is 0 Å². The molecule has 112 valence electrons. The number of carbonyl (C=O) groups excluding carboxylic acids is 1. The van der Waals surface area contributed by atoms with E-state index in [0.29, 0.717) is 18.1 Å². The van der Waals surface area contributed by atoms with Crippen molar-refractivity contribution >= 4 is 6.29 Å². The molecule has 0 amide bonds. The highest BCUT2D eigenvalue weighted by atomic mass is 16.5. The lowest BCUT2D eigenvalue weighted by molar-refractivity contribution is 0.0806. The van der Waals surface area contributed by atoms with Gasteiger partial charge in [0, 0.05) is 17.7 Å². The van der Waals surface area contributed by atoms with Gasteiger partial charge in [0.05, 0.1) is 13.7 Å². The van der Waals surface area contributed by atoms with Gasteiger partial charge in [-0.05, 0) is 30.5 Å². The maximum Gasteiger partial charge on any atom is 0.150 e. The molecule has 0 aliphatic rings. The van der Waals surface area contributed by atoms with Crippen LogP contribution >= 0.6 is 0 Å². The summed E-state index contributed by atoms with van der Waals surface area (Å²) in [5.41, 5.74) is 1.59. The van der Waals surface area contributed by atoms with Crippen molar-refractivity contribution in [3.63, 3.8) is 0 Å². The van der Waals surface area contributed by atoms with E-state index in [-0.39, 0.29) is 0 Å². The maximum absolute atomic E-state index is 10.8. The first-order valence-electron chi connectivity index (χ1n) is 7.44. The van der Waals surface area contributed by atoms with E-state index in [1.807, 2.05) is 12.1 Å². The highest BCUT2D eigenvalue weighted by Crippen LogP contribution is 2.21. The molecule has 1 aromatic rings. The summed E-state index contributed by atoms with van der Waals surface area (Å²) in [6.45, 7) is 5.68. The lowest BCUT2D eigenvalue weighted by atomic mass is 10.0. The Morgan fingerprint density at radius 2 is 2.10 bits per heavy atom. The molecule has 1 aromatic carbocycles. The summed E-state index contributed by atoms with van der Waals surface area (Å²) < 4.78 is 11.1. The monoisotopic (exact) mass is 278 g/mol. The molecular weight excluding hydrogens is 252 g/mol. The number of methoxy groups -OCH3 is 1. The highest BCUT2D eigenvalue weighted by Gasteiger charge is 2.08. The van der Waals surface area contributed by atoms with E-state index in [4.69, 9.17) is 9.47 Å². The number of carbonyl (C=O) groups is 1. The van der Waals surface area contributed by atoms with E-state index in [9.17, 15) is 4.79 Å². The van der Waals surface area contributed by atoms with Crippen LogP contribution in [0.1, 0.15) is 55.5 Å². The fourth-order valence-electron chi connectivity index (χ4n) is 2.22. The van der Waals surface area contributed by atoms with Gasteiger partial charge >= 0.3 is 0 Å².